The minimum absolute atomic E-state index is 0.326. The van der Waals surface area contributed by atoms with Crippen LogP contribution < -0.4 is 10.6 Å². The standard InChI is InChI=1S/C20H17F3N6OS2/c21-20(22,23)5-6-24-18(30)10-1-3-12-14(7-10)31-19-16(12)17(25-9-26-19)27-11-2-4-13-15(8-11)32-29-28-13/h2,4,8-10H,1,3,5-7H2,(H,24,30)(H,25,26,27)/t10-/m0/s1. The van der Waals surface area contributed by atoms with Gasteiger partial charge in [-0.3, -0.25) is 4.79 Å². The Morgan fingerprint density at radius 1 is 1.25 bits per heavy atom. The largest absolute Gasteiger partial charge is 0.390 e. The van der Waals surface area contributed by atoms with Crippen molar-refractivity contribution in [2.45, 2.75) is 31.9 Å². The number of nitrogens with one attached hydrogen (secondary N) is 2. The molecular weight excluding hydrogens is 461 g/mol. The minimum Gasteiger partial charge on any atom is -0.356 e. The van der Waals surface area contributed by atoms with Crippen LogP contribution in [0.3, 0.4) is 0 Å². The molecule has 0 unspecified atom stereocenters. The molecule has 1 atom stereocenters. The van der Waals surface area contributed by atoms with E-state index >= 15 is 0 Å². The Balaban J connectivity index is 1.36. The number of aromatic nitrogens is 4. The number of nitrogens with zero attached hydrogens (tertiary/aromatic N) is 4. The van der Waals surface area contributed by atoms with E-state index in [2.05, 4.69) is 30.2 Å². The molecule has 0 saturated carbocycles. The summed E-state index contributed by atoms with van der Waals surface area (Å²) in [6.07, 6.45) is -2.09. The molecule has 1 aliphatic rings. The smallest absolute Gasteiger partial charge is 0.356 e. The van der Waals surface area contributed by atoms with Crippen molar-refractivity contribution in [3.05, 3.63) is 35.0 Å². The van der Waals surface area contributed by atoms with Gasteiger partial charge in [0.15, 0.2) is 0 Å². The Kier molecular flexibility index (Phi) is 5.41. The van der Waals surface area contributed by atoms with E-state index in [1.54, 1.807) is 0 Å². The monoisotopic (exact) mass is 478 g/mol. The summed E-state index contributed by atoms with van der Waals surface area (Å²) in [5, 5.41) is 10.8. The highest BCUT2D eigenvalue weighted by molar-refractivity contribution is 7.19. The fourth-order valence-electron chi connectivity index (χ4n) is 3.89. The summed E-state index contributed by atoms with van der Waals surface area (Å²) < 4.78 is 41.9. The molecule has 5 rings (SSSR count). The van der Waals surface area contributed by atoms with Crippen LogP contribution in [-0.4, -0.2) is 38.2 Å². The van der Waals surface area contributed by atoms with Crippen LogP contribution in [0.1, 0.15) is 23.3 Å². The molecule has 166 valence electrons. The molecule has 2 N–H and O–H groups in total. The molecule has 1 amide bonds. The fourth-order valence-corrected chi connectivity index (χ4v) is 5.76. The van der Waals surface area contributed by atoms with E-state index in [1.165, 1.54) is 29.2 Å². The lowest BCUT2D eigenvalue weighted by atomic mass is 9.87. The van der Waals surface area contributed by atoms with Crippen LogP contribution in [0.15, 0.2) is 24.5 Å². The third-order valence-corrected chi connectivity index (χ3v) is 7.28. The Hall–Kier alpha value is -2.86. The second-order valence-electron chi connectivity index (χ2n) is 7.58. The maximum absolute atomic E-state index is 12.4. The van der Waals surface area contributed by atoms with Crippen molar-refractivity contribution in [3.63, 3.8) is 0 Å². The quantitative estimate of drug-likeness (QED) is 0.435. The highest BCUT2D eigenvalue weighted by atomic mass is 32.1. The first kappa shape index (κ1) is 21.0. The summed E-state index contributed by atoms with van der Waals surface area (Å²) in [4.78, 5) is 23.1. The average molecular weight is 479 g/mol. The van der Waals surface area contributed by atoms with E-state index in [0.29, 0.717) is 25.1 Å². The van der Waals surface area contributed by atoms with Crippen molar-refractivity contribution in [2.75, 3.05) is 11.9 Å². The van der Waals surface area contributed by atoms with Gasteiger partial charge in [-0.2, -0.15) is 13.2 Å². The lowest BCUT2D eigenvalue weighted by molar-refractivity contribution is -0.136. The molecule has 3 heterocycles. The van der Waals surface area contributed by atoms with Gasteiger partial charge in [0.25, 0.3) is 0 Å². The number of alkyl halides is 3. The maximum atomic E-state index is 12.4. The Morgan fingerprint density at radius 3 is 2.97 bits per heavy atom. The molecule has 0 aliphatic heterocycles. The summed E-state index contributed by atoms with van der Waals surface area (Å²) in [5.41, 5.74) is 2.80. The molecule has 0 bridgehead atoms. The Morgan fingerprint density at radius 2 is 2.12 bits per heavy atom. The number of hydrogen-bond donors (Lipinski definition) is 2. The fraction of sp³-hybridized carbons (Fsp3) is 0.350. The van der Waals surface area contributed by atoms with Crippen LogP contribution in [0.4, 0.5) is 24.7 Å². The highest BCUT2D eigenvalue weighted by Crippen LogP contribution is 2.40. The third kappa shape index (κ3) is 4.24. The second-order valence-corrected chi connectivity index (χ2v) is 9.45. The van der Waals surface area contributed by atoms with E-state index in [-0.39, 0.29) is 11.8 Å². The summed E-state index contributed by atoms with van der Waals surface area (Å²) in [6, 6.07) is 5.77. The van der Waals surface area contributed by atoms with Gasteiger partial charge in [0.1, 0.15) is 22.5 Å². The number of hydrogen-bond acceptors (Lipinski definition) is 8. The average Bonchev–Trinajstić information content (AvgIpc) is 3.36. The van der Waals surface area contributed by atoms with Crippen LogP contribution in [0, 0.1) is 5.92 Å². The van der Waals surface area contributed by atoms with Gasteiger partial charge < -0.3 is 10.6 Å². The van der Waals surface area contributed by atoms with E-state index in [0.717, 1.165) is 36.6 Å². The molecule has 4 aromatic rings. The zero-order valence-corrected chi connectivity index (χ0v) is 18.2. The molecule has 1 aromatic carbocycles. The zero-order valence-electron chi connectivity index (χ0n) is 16.6. The number of halogens is 3. The summed E-state index contributed by atoms with van der Waals surface area (Å²) in [7, 11) is 0. The number of amides is 1. The molecule has 0 saturated heterocycles. The number of carbonyl (C=O) groups is 1. The number of benzene rings is 1. The number of carbonyl (C=O) groups excluding carboxylic acids is 1. The van der Waals surface area contributed by atoms with E-state index < -0.39 is 19.1 Å². The van der Waals surface area contributed by atoms with Crippen molar-refractivity contribution >= 4 is 60.7 Å². The van der Waals surface area contributed by atoms with Crippen molar-refractivity contribution in [3.8, 4) is 0 Å². The van der Waals surface area contributed by atoms with Crippen molar-refractivity contribution in [2.24, 2.45) is 5.92 Å². The number of aryl methyl sites for hydroxylation is 1. The first-order valence-electron chi connectivity index (χ1n) is 9.96. The van der Waals surface area contributed by atoms with Gasteiger partial charge in [-0.05, 0) is 54.6 Å². The molecule has 12 heteroatoms. The predicted octanol–water partition coefficient (Wildman–Crippen LogP) is 4.61. The molecule has 32 heavy (non-hydrogen) atoms. The number of thiophene rings is 1. The molecule has 3 aromatic heterocycles. The molecular formula is C20H17F3N6OS2. The van der Waals surface area contributed by atoms with E-state index in [9.17, 15) is 18.0 Å². The van der Waals surface area contributed by atoms with Gasteiger partial charge in [-0.1, -0.05) is 4.49 Å². The maximum Gasteiger partial charge on any atom is 0.390 e. The first-order valence-corrected chi connectivity index (χ1v) is 11.6. The number of rotatable bonds is 5. The van der Waals surface area contributed by atoms with Crippen molar-refractivity contribution in [1.82, 2.24) is 24.9 Å². The molecule has 1 aliphatic carbocycles. The third-order valence-electron chi connectivity index (χ3n) is 5.43. The summed E-state index contributed by atoms with van der Waals surface area (Å²) >= 11 is 2.83. The van der Waals surface area contributed by atoms with Gasteiger partial charge in [0.05, 0.1) is 16.5 Å². The van der Waals surface area contributed by atoms with Gasteiger partial charge in [0, 0.05) is 23.0 Å². The lowest BCUT2D eigenvalue weighted by Gasteiger charge is -2.22. The van der Waals surface area contributed by atoms with Gasteiger partial charge in [-0.25, -0.2) is 9.97 Å². The topological polar surface area (TPSA) is 92.7 Å². The van der Waals surface area contributed by atoms with Crippen LogP contribution >= 0.6 is 22.9 Å². The molecule has 0 radical (unpaired) electrons. The van der Waals surface area contributed by atoms with Crippen LogP contribution in [0.2, 0.25) is 0 Å². The SMILES string of the molecule is O=C(NCCC(F)(F)F)[C@H]1CCc2c(sc3ncnc(Nc4ccc5nnsc5c4)c23)C1. The van der Waals surface area contributed by atoms with Gasteiger partial charge in [0.2, 0.25) is 5.91 Å². The molecule has 7 nitrogen and oxygen atoms in total. The predicted molar refractivity (Wildman–Crippen MR) is 117 cm³/mol. The summed E-state index contributed by atoms with van der Waals surface area (Å²) in [6.45, 7) is -0.392. The molecule has 0 spiro atoms. The minimum atomic E-state index is -4.28. The first-order chi connectivity index (χ1) is 15.4. The normalized spacial score (nSPS) is 16.3. The van der Waals surface area contributed by atoms with E-state index in [4.69, 9.17) is 0 Å². The van der Waals surface area contributed by atoms with E-state index in [1.807, 2.05) is 18.2 Å². The van der Waals surface area contributed by atoms with Gasteiger partial charge >= 0.3 is 6.18 Å². The van der Waals surface area contributed by atoms with Crippen LogP contribution in [-0.2, 0) is 17.6 Å². The second kappa shape index (κ2) is 8.24. The Labute approximate surface area is 188 Å². The summed E-state index contributed by atoms with van der Waals surface area (Å²) in [5.74, 6) is 0.0278. The van der Waals surface area contributed by atoms with Gasteiger partial charge in [-0.15, -0.1) is 16.4 Å². The van der Waals surface area contributed by atoms with Crippen molar-refractivity contribution in [1.29, 1.82) is 0 Å². The number of fused-ring (bicyclic) bond motifs is 4. The molecule has 0 fully saturated rings. The van der Waals surface area contributed by atoms with Crippen LogP contribution in [0.25, 0.3) is 20.4 Å². The number of anilines is 2. The van der Waals surface area contributed by atoms with Crippen LogP contribution in [0.5, 0.6) is 0 Å². The Bertz CT molecular complexity index is 1300. The highest BCUT2D eigenvalue weighted by Gasteiger charge is 2.31. The zero-order chi connectivity index (χ0) is 22.3. The van der Waals surface area contributed by atoms with Crippen molar-refractivity contribution < 1.29 is 18.0 Å². The lowest BCUT2D eigenvalue weighted by Crippen LogP contribution is -2.35.